The fraction of sp³-hybridized carbons (Fsp3) is 0.100. The summed E-state index contributed by atoms with van der Waals surface area (Å²) in [5, 5.41) is 3.08. The van der Waals surface area contributed by atoms with Crippen molar-refractivity contribution in [2.24, 2.45) is 0 Å². The number of pyridine rings is 1. The molecule has 3 rings (SSSR count). The number of aryl methyl sites for hydroxylation is 1. The summed E-state index contributed by atoms with van der Waals surface area (Å²) in [5.41, 5.74) is 2.10. The minimum atomic E-state index is -3.87. The molecule has 28 heavy (non-hydrogen) atoms. The highest BCUT2D eigenvalue weighted by Crippen LogP contribution is 2.24. The van der Waals surface area contributed by atoms with E-state index in [1.54, 1.807) is 36.7 Å². The van der Waals surface area contributed by atoms with Crippen LogP contribution < -0.4 is 10.0 Å². The summed E-state index contributed by atoms with van der Waals surface area (Å²) < 4.78 is 27.8. The SMILES string of the molecule is Cc1ccc(S(=O)(=O)Nc2cc(Cl)ccc2C(=O)NCc2ccncc2)cc1. The fourth-order valence-corrected chi connectivity index (χ4v) is 3.74. The Balaban J connectivity index is 1.84. The number of rotatable bonds is 6. The maximum atomic E-state index is 12.7. The molecule has 0 fully saturated rings. The lowest BCUT2D eigenvalue weighted by atomic mass is 10.1. The summed E-state index contributed by atoms with van der Waals surface area (Å²) in [6.45, 7) is 2.15. The van der Waals surface area contributed by atoms with Crippen LogP contribution in [0.4, 0.5) is 5.69 Å². The van der Waals surface area contributed by atoms with Crippen molar-refractivity contribution >= 4 is 33.2 Å². The Morgan fingerprint density at radius 3 is 2.39 bits per heavy atom. The summed E-state index contributed by atoms with van der Waals surface area (Å²) in [6.07, 6.45) is 3.26. The molecule has 3 aromatic rings. The number of anilines is 1. The Morgan fingerprint density at radius 2 is 1.71 bits per heavy atom. The van der Waals surface area contributed by atoms with E-state index in [1.807, 2.05) is 6.92 Å². The van der Waals surface area contributed by atoms with E-state index in [4.69, 9.17) is 11.6 Å². The molecule has 0 aliphatic rings. The molecule has 2 N–H and O–H groups in total. The number of carbonyl (C=O) groups is 1. The van der Waals surface area contributed by atoms with Gasteiger partial charge in [0, 0.05) is 24.0 Å². The first-order valence-electron chi connectivity index (χ1n) is 8.41. The number of amides is 1. The van der Waals surface area contributed by atoms with Crippen LogP contribution in [0.2, 0.25) is 5.02 Å². The van der Waals surface area contributed by atoms with Crippen molar-refractivity contribution < 1.29 is 13.2 Å². The van der Waals surface area contributed by atoms with E-state index in [0.29, 0.717) is 5.02 Å². The Morgan fingerprint density at radius 1 is 1.04 bits per heavy atom. The minimum absolute atomic E-state index is 0.0984. The zero-order valence-electron chi connectivity index (χ0n) is 15.0. The van der Waals surface area contributed by atoms with Crippen LogP contribution >= 0.6 is 11.6 Å². The lowest BCUT2D eigenvalue weighted by Gasteiger charge is -2.13. The molecule has 8 heteroatoms. The molecular weight excluding hydrogens is 398 g/mol. The molecule has 1 heterocycles. The van der Waals surface area contributed by atoms with E-state index < -0.39 is 15.9 Å². The van der Waals surface area contributed by atoms with Gasteiger partial charge in [-0.1, -0.05) is 29.3 Å². The summed E-state index contributed by atoms with van der Waals surface area (Å²) in [6, 6.07) is 14.4. The number of benzene rings is 2. The van der Waals surface area contributed by atoms with Gasteiger partial charge in [0.1, 0.15) is 0 Å². The third-order valence-electron chi connectivity index (χ3n) is 4.00. The van der Waals surface area contributed by atoms with E-state index in [0.717, 1.165) is 11.1 Å². The maximum absolute atomic E-state index is 12.7. The molecule has 2 aromatic carbocycles. The lowest BCUT2D eigenvalue weighted by Crippen LogP contribution is -2.25. The summed E-state index contributed by atoms with van der Waals surface area (Å²) in [7, 11) is -3.87. The second-order valence-electron chi connectivity index (χ2n) is 6.15. The van der Waals surface area contributed by atoms with Gasteiger partial charge in [-0.15, -0.1) is 0 Å². The first kappa shape index (κ1) is 19.9. The summed E-state index contributed by atoms with van der Waals surface area (Å²) >= 11 is 6.02. The van der Waals surface area contributed by atoms with Crippen molar-refractivity contribution in [2.45, 2.75) is 18.4 Å². The molecule has 0 spiro atoms. The topological polar surface area (TPSA) is 88.2 Å². The Hall–Kier alpha value is -2.90. The minimum Gasteiger partial charge on any atom is -0.348 e. The van der Waals surface area contributed by atoms with Crippen LogP contribution in [0.1, 0.15) is 21.5 Å². The van der Waals surface area contributed by atoms with Crippen LogP contribution in [-0.4, -0.2) is 19.3 Å². The molecule has 0 aliphatic heterocycles. The highest BCUT2D eigenvalue weighted by molar-refractivity contribution is 7.92. The van der Waals surface area contributed by atoms with Gasteiger partial charge in [-0.25, -0.2) is 8.42 Å². The Kier molecular flexibility index (Phi) is 5.96. The maximum Gasteiger partial charge on any atom is 0.261 e. The fourth-order valence-electron chi connectivity index (χ4n) is 2.50. The second kappa shape index (κ2) is 8.41. The summed E-state index contributed by atoms with van der Waals surface area (Å²) in [4.78, 5) is 16.6. The van der Waals surface area contributed by atoms with Crippen molar-refractivity contribution in [3.05, 3.63) is 88.7 Å². The van der Waals surface area contributed by atoms with Crippen molar-refractivity contribution in [3.63, 3.8) is 0 Å². The molecule has 0 saturated heterocycles. The van der Waals surface area contributed by atoms with Crippen LogP contribution in [0.3, 0.4) is 0 Å². The van der Waals surface area contributed by atoms with Crippen LogP contribution in [0.15, 0.2) is 71.9 Å². The van der Waals surface area contributed by atoms with Gasteiger partial charge in [0.2, 0.25) is 0 Å². The molecule has 1 amide bonds. The number of hydrogen-bond acceptors (Lipinski definition) is 4. The van der Waals surface area contributed by atoms with E-state index >= 15 is 0 Å². The van der Waals surface area contributed by atoms with Crippen molar-refractivity contribution in [1.82, 2.24) is 10.3 Å². The zero-order chi connectivity index (χ0) is 20.1. The number of hydrogen-bond donors (Lipinski definition) is 2. The van der Waals surface area contributed by atoms with Crippen molar-refractivity contribution in [1.29, 1.82) is 0 Å². The van der Waals surface area contributed by atoms with Gasteiger partial charge in [0.15, 0.2) is 0 Å². The van der Waals surface area contributed by atoms with E-state index in [-0.39, 0.29) is 22.7 Å². The van der Waals surface area contributed by atoms with Gasteiger partial charge >= 0.3 is 0 Å². The second-order valence-corrected chi connectivity index (χ2v) is 8.27. The largest absolute Gasteiger partial charge is 0.348 e. The highest BCUT2D eigenvalue weighted by atomic mass is 35.5. The number of nitrogens with one attached hydrogen (secondary N) is 2. The molecule has 0 saturated carbocycles. The van der Waals surface area contributed by atoms with Crippen LogP contribution in [0.5, 0.6) is 0 Å². The smallest absolute Gasteiger partial charge is 0.261 e. The molecule has 1 aromatic heterocycles. The van der Waals surface area contributed by atoms with Crippen LogP contribution in [0.25, 0.3) is 0 Å². The first-order valence-corrected chi connectivity index (χ1v) is 10.3. The summed E-state index contributed by atoms with van der Waals surface area (Å²) in [5.74, 6) is -0.421. The van der Waals surface area contributed by atoms with Gasteiger partial charge in [0.25, 0.3) is 15.9 Å². The zero-order valence-corrected chi connectivity index (χ0v) is 16.6. The third-order valence-corrected chi connectivity index (χ3v) is 5.62. The predicted octanol–water partition coefficient (Wildman–Crippen LogP) is 3.77. The average molecular weight is 416 g/mol. The molecule has 0 radical (unpaired) electrons. The van der Waals surface area contributed by atoms with Crippen LogP contribution in [-0.2, 0) is 16.6 Å². The molecule has 0 atom stereocenters. The van der Waals surface area contributed by atoms with Gasteiger partial charge < -0.3 is 5.32 Å². The van der Waals surface area contributed by atoms with E-state index in [1.165, 1.54) is 30.3 Å². The molecule has 6 nitrogen and oxygen atoms in total. The number of sulfonamides is 1. The monoisotopic (exact) mass is 415 g/mol. The van der Waals surface area contributed by atoms with Gasteiger partial charge in [-0.3, -0.25) is 14.5 Å². The number of halogens is 1. The number of nitrogens with zero attached hydrogens (tertiary/aromatic N) is 1. The standard InChI is InChI=1S/C20H18ClN3O3S/c1-14-2-5-17(6-3-14)28(26,27)24-19-12-16(21)4-7-18(19)20(25)23-13-15-8-10-22-11-9-15/h2-12,24H,13H2,1H3,(H,23,25). The van der Waals surface area contributed by atoms with Crippen molar-refractivity contribution in [2.75, 3.05) is 4.72 Å². The normalized spacial score (nSPS) is 11.1. The Labute approximate surface area is 168 Å². The van der Waals surface area contributed by atoms with Gasteiger partial charge in [0.05, 0.1) is 16.1 Å². The molecule has 0 bridgehead atoms. The molecule has 0 unspecified atom stereocenters. The molecule has 0 aliphatic carbocycles. The van der Waals surface area contributed by atoms with Gasteiger partial charge in [-0.2, -0.15) is 0 Å². The molecule has 144 valence electrons. The van der Waals surface area contributed by atoms with E-state index in [9.17, 15) is 13.2 Å². The van der Waals surface area contributed by atoms with E-state index in [2.05, 4.69) is 15.0 Å². The lowest BCUT2D eigenvalue weighted by molar-refractivity contribution is 0.0952. The van der Waals surface area contributed by atoms with Crippen LogP contribution in [0, 0.1) is 6.92 Å². The van der Waals surface area contributed by atoms with Crippen molar-refractivity contribution in [3.8, 4) is 0 Å². The number of aromatic nitrogens is 1. The highest BCUT2D eigenvalue weighted by Gasteiger charge is 2.19. The predicted molar refractivity (Wildman–Crippen MR) is 109 cm³/mol. The average Bonchev–Trinajstić information content (AvgIpc) is 2.67. The van der Waals surface area contributed by atoms with Gasteiger partial charge in [-0.05, 0) is 55.0 Å². The molecular formula is C20H18ClN3O3S. The quantitative estimate of drug-likeness (QED) is 0.641. The number of carbonyl (C=O) groups excluding carboxylic acids is 1. The first-order chi connectivity index (χ1) is 13.3. The third kappa shape index (κ3) is 4.88. The Bertz CT molecular complexity index is 1090.